The number of amides is 1. The summed E-state index contributed by atoms with van der Waals surface area (Å²) < 4.78 is 42.8. The molecule has 1 aromatic rings. The highest BCUT2D eigenvalue weighted by Crippen LogP contribution is 2.43. The predicted octanol–water partition coefficient (Wildman–Crippen LogP) is 2.03. The van der Waals surface area contributed by atoms with E-state index in [1.54, 1.807) is 0 Å². The lowest BCUT2D eigenvalue weighted by Gasteiger charge is -2.09. The topological polar surface area (TPSA) is 38.3 Å². The maximum absolute atomic E-state index is 12.5. The number of hydrogen-bond acceptors (Lipinski definition) is 2. The van der Waals surface area contributed by atoms with Gasteiger partial charge in [-0.2, -0.15) is 13.2 Å². The third kappa shape index (κ3) is 1.55. The number of halogens is 3. The third-order valence-corrected chi connectivity index (χ3v) is 3.03. The average Bonchev–Trinajstić information content (AvgIpc) is 2.71. The number of alkyl halides is 3. The molecule has 1 fully saturated rings. The number of carbonyl (C=O) groups is 1. The van der Waals surface area contributed by atoms with Crippen LogP contribution >= 0.6 is 0 Å². The van der Waals surface area contributed by atoms with Crippen LogP contribution in [-0.4, -0.2) is 12.0 Å². The first-order chi connectivity index (χ1) is 7.95. The summed E-state index contributed by atoms with van der Waals surface area (Å²) in [5, 5.41) is 2.69. The van der Waals surface area contributed by atoms with Crippen molar-refractivity contribution in [3.8, 4) is 5.75 Å². The second-order valence-corrected chi connectivity index (χ2v) is 4.16. The molecule has 2 heterocycles. The summed E-state index contributed by atoms with van der Waals surface area (Å²) in [6, 6.07) is 3.06. The largest absolute Gasteiger partial charge is 0.487 e. The van der Waals surface area contributed by atoms with Crippen LogP contribution in [0, 0.1) is 0 Å². The van der Waals surface area contributed by atoms with Gasteiger partial charge in [0.15, 0.2) is 0 Å². The quantitative estimate of drug-likeness (QED) is 0.757. The lowest BCUT2D eigenvalue weighted by molar-refractivity contribution is -0.137. The van der Waals surface area contributed by atoms with Crippen LogP contribution in [0.1, 0.15) is 23.6 Å². The van der Waals surface area contributed by atoms with Crippen LogP contribution < -0.4 is 10.1 Å². The molecule has 1 N–H and O–H groups in total. The van der Waals surface area contributed by atoms with Crippen LogP contribution in [0.25, 0.3) is 0 Å². The molecule has 0 spiro atoms. The number of benzene rings is 1. The van der Waals surface area contributed by atoms with Gasteiger partial charge in [0.25, 0.3) is 0 Å². The van der Waals surface area contributed by atoms with Gasteiger partial charge in [0.2, 0.25) is 5.91 Å². The summed E-state index contributed by atoms with van der Waals surface area (Å²) in [6.07, 6.45) is -4.55. The number of ether oxygens (including phenoxy) is 1. The second kappa shape index (κ2) is 3.15. The maximum atomic E-state index is 12.5. The molecule has 2 aliphatic rings. The Kier molecular flexibility index (Phi) is 1.93. The maximum Gasteiger partial charge on any atom is 0.416 e. The molecule has 1 amide bonds. The molecule has 3 rings (SSSR count). The molecule has 3 nitrogen and oxygen atoms in total. The Morgan fingerprint density at radius 3 is 2.82 bits per heavy atom. The van der Waals surface area contributed by atoms with Crippen molar-refractivity contribution in [3.05, 3.63) is 29.3 Å². The fourth-order valence-corrected chi connectivity index (χ4v) is 2.25. The van der Waals surface area contributed by atoms with E-state index in [9.17, 15) is 18.0 Å². The van der Waals surface area contributed by atoms with Crippen molar-refractivity contribution in [2.75, 3.05) is 0 Å². The summed E-state index contributed by atoms with van der Waals surface area (Å²) in [7, 11) is 0. The first-order valence-corrected chi connectivity index (χ1v) is 5.12. The van der Waals surface area contributed by atoms with Gasteiger partial charge in [-0.1, -0.05) is 6.07 Å². The van der Waals surface area contributed by atoms with Crippen molar-refractivity contribution >= 4 is 5.91 Å². The van der Waals surface area contributed by atoms with Crippen molar-refractivity contribution in [2.45, 2.75) is 24.7 Å². The normalized spacial score (nSPS) is 26.2. The van der Waals surface area contributed by atoms with E-state index in [2.05, 4.69) is 5.32 Å². The third-order valence-electron chi connectivity index (χ3n) is 3.03. The molecule has 90 valence electrons. The highest BCUT2D eigenvalue weighted by molar-refractivity contribution is 5.80. The summed E-state index contributed by atoms with van der Waals surface area (Å²) in [5.41, 5.74) is -0.114. The fraction of sp³-hybridized carbons (Fsp3) is 0.364. The van der Waals surface area contributed by atoms with Crippen molar-refractivity contribution in [3.63, 3.8) is 0 Å². The fourth-order valence-electron chi connectivity index (χ4n) is 2.25. The summed E-state index contributed by atoms with van der Waals surface area (Å²) >= 11 is 0. The van der Waals surface area contributed by atoms with Crippen LogP contribution in [0.2, 0.25) is 0 Å². The molecule has 0 unspecified atom stereocenters. The molecule has 0 bridgehead atoms. The zero-order valence-corrected chi connectivity index (χ0v) is 8.54. The number of fused-ring (bicyclic) bond motifs is 3. The monoisotopic (exact) mass is 243 g/mol. The molecule has 1 saturated heterocycles. The van der Waals surface area contributed by atoms with Crippen molar-refractivity contribution in [1.82, 2.24) is 5.32 Å². The van der Waals surface area contributed by atoms with Crippen LogP contribution in [-0.2, 0) is 11.0 Å². The van der Waals surface area contributed by atoms with Crippen molar-refractivity contribution in [2.24, 2.45) is 0 Å². The van der Waals surface area contributed by atoms with Gasteiger partial charge in [-0.3, -0.25) is 4.79 Å². The molecule has 0 aliphatic carbocycles. The van der Waals surface area contributed by atoms with E-state index in [0.717, 1.165) is 12.1 Å². The van der Waals surface area contributed by atoms with Crippen LogP contribution in [0.15, 0.2) is 18.2 Å². The van der Waals surface area contributed by atoms with Crippen molar-refractivity contribution < 1.29 is 22.7 Å². The second-order valence-electron chi connectivity index (χ2n) is 4.16. The van der Waals surface area contributed by atoms with Gasteiger partial charge in [-0.05, 0) is 12.1 Å². The van der Waals surface area contributed by atoms with Gasteiger partial charge in [0.05, 0.1) is 18.0 Å². The minimum atomic E-state index is -4.38. The van der Waals surface area contributed by atoms with Gasteiger partial charge in [-0.25, -0.2) is 0 Å². The average molecular weight is 243 g/mol. The van der Waals surface area contributed by atoms with Gasteiger partial charge in [-0.15, -0.1) is 0 Å². The molecule has 2 atom stereocenters. The summed E-state index contributed by atoms with van der Waals surface area (Å²) in [6.45, 7) is 0. The number of carbonyl (C=O) groups excluding carboxylic acids is 1. The minimum Gasteiger partial charge on any atom is -0.487 e. The number of hydrogen-bond donors (Lipinski definition) is 1. The Balaban J connectivity index is 1.99. The van der Waals surface area contributed by atoms with Crippen LogP contribution in [0.3, 0.4) is 0 Å². The number of rotatable bonds is 0. The summed E-state index contributed by atoms with van der Waals surface area (Å²) in [5.74, 6) is 0.0837. The van der Waals surface area contributed by atoms with Crippen LogP contribution in [0.4, 0.5) is 13.2 Å². The first-order valence-electron chi connectivity index (χ1n) is 5.12. The lowest BCUT2D eigenvalue weighted by atomic mass is 10.0. The minimum absolute atomic E-state index is 0.134. The van der Waals surface area contributed by atoms with E-state index in [-0.39, 0.29) is 30.2 Å². The van der Waals surface area contributed by atoms with E-state index >= 15 is 0 Å². The Hall–Kier alpha value is -1.72. The SMILES string of the molecule is O=C1C[C@H]2Oc3cc(C(F)(F)F)ccc3[C@H]2N1. The Bertz CT molecular complexity index is 498. The molecule has 0 radical (unpaired) electrons. The predicted molar refractivity (Wildman–Crippen MR) is 51.4 cm³/mol. The first kappa shape index (κ1) is 10.4. The van der Waals surface area contributed by atoms with E-state index in [4.69, 9.17) is 4.74 Å². The highest BCUT2D eigenvalue weighted by Gasteiger charge is 2.43. The zero-order chi connectivity index (χ0) is 12.2. The van der Waals surface area contributed by atoms with Gasteiger partial charge >= 0.3 is 6.18 Å². The van der Waals surface area contributed by atoms with E-state index in [1.807, 2.05) is 0 Å². The molecule has 6 heteroatoms. The van der Waals surface area contributed by atoms with Crippen molar-refractivity contribution in [1.29, 1.82) is 0 Å². The Morgan fingerprint density at radius 2 is 2.12 bits per heavy atom. The Morgan fingerprint density at radius 1 is 1.35 bits per heavy atom. The summed E-state index contributed by atoms with van der Waals surface area (Å²) in [4.78, 5) is 11.1. The van der Waals surface area contributed by atoms with E-state index < -0.39 is 11.7 Å². The highest BCUT2D eigenvalue weighted by atomic mass is 19.4. The van der Waals surface area contributed by atoms with Gasteiger partial charge in [0, 0.05) is 5.56 Å². The zero-order valence-electron chi connectivity index (χ0n) is 8.54. The van der Waals surface area contributed by atoms with E-state index in [1.165, 1.54) is 6.07 Å². The molecular weight excluding hydrogens is 235 g/mol. The van der Waals surface area contributed by atoms with Gasteiger partial charge < -0.3 is 10.1 Å². The standard InChI is InChI=1S/C11H8F3NO2/c12-11(13,14)5-1-2-6-7(3-5)17-8-4-9(16)15-10(6)8/h1-3,8,10H,4H2,(H,15,16)/t8-,10-/m1/s1. The van der Waals surface area contributed by atoms with Gasteiger partial charge in [0.1, 0.15) is 11.9 Å². The molecule has 0 aromatic heterocycles. The number of nitrogens with one attached hydrogen (secondary N) is 1. The molecular formula is C11H8F3NO2. The van der Waals surface area contributed by atoms with Crippen LogP contribution in [0.5, 0.6) is 5.75 Å². The van der Waals surface area contributed by atoms with E-state index in [0.29, 0.717) is 5.56 Å². The smallest absolute Gasteiger partial charge is 0.416 e. The molecule has 0 saturated carbocycles. The lowest BCUT2D eigenvalue weighted by Crippen LogP contribution is -2.20. The molecule has 2 aliphatic heterocycles. The molecule has 17 heavy (non-hydrogen) atoms. The Labute approximate surface area is 94.6 Å². The molecule has 1 aromatic carbocycles.